The number of benzene rings is 2. The van der Waals surface area contributed by atoms with E-state index in [-0.39, 0.29) is 25.5 Å². The van der Waals surface area contributed by atoms with Crippen molar-refractivity contribution in [2.75, 3.05) is 39.0 Å². The van der Waals surface area contributed by atoms with Crippen molar-refractivity contribution in [3.8, 4) is 22.8 Å². The number of halogens is 3. The van der Waals surface area contributed by atoms with Crippen LogP contribution >= 0.6 is 14.5 Å². The van der Waals surface area contributed by atoms with Crippen molar-refractivity contribution in [3.05, 3.63) is 175 Å². The number of nitrogens with zero attached hydrogens (tertiary/aromatic N) is 6. The average Bonchev–Trinajstić information content (AvgIpc) is 3.70. The van der Waals surface area contributed by atoms with Gasteiger partial charge in [-0.1, -0.05) is 103 Å². The maximum atomic E-state index is 12.5. The van der Waals surface area contributed by atoms with Crippen molar-refractivity contribution >= 4 is 25.1 Å². The molecule has 6 rings (SSSR count). The number of hydrogen-bond donors (Lipinski definition) is 0. The molecule has 0 fully saturated rings. The molecule has 0 amide bonds. The van der Waals surface area contributed by atoms with Crippen LogP contribution in [-0.4, -0.2) is 58.5 Å². The van der Waals surface area contributed by atoms with E-state index in [0.717, 1.165) is 40.2 Å². The van der Waals surface area contributed by atoms with Crippen LogP contribution < -0.4 is 19.7 Å². The van der Waals surface area contributed by atoms with Crippen molar-refractivity contribution < 1.29 is 42.1 Å². The molecule has 0 aliphatic heterocycles. The van der Waals surface area contributed by atoms with Gasteiger partial charge in [0, 0.05) is 45.7 Å². The predicted octanol–water partition coefficient (Wildman–Crippen LogP) is 8.41. The molecule has 0 aliphatic rings. The Labute approximate surface area is 335 Å². The molecule has 0 unspecified atom stereocenters. The van der Waals surface area contributed by atoms with Crippen LogP contribution in [0.3, 0.4) is 0 Å². The Kier molecular flexibility index (Phi) is 17.5. The first-order chi connectivity index (χ1) is 24.9. The second-order valence-electron chi connectivity index (χ2n) is 13.2. The van der Waals surface area contributed by atoms with Crippen molar-refractivity contribution in [3.63, 3.8) is 0 Å². The molecular formula is C42H51F3N6OsP2+4. The van der Waals surface area contributed by atoms with Gasteiger partial charge >= 0.3 is 26.0 Å². The summed E-state index contributed by atoms with van der Waals surface area (Å²) < 4.78 is 43.2. The summed E-state index contributed by atoms with van der Waals surface area (Å²) in [6, 6.07) is 35.3. The number of pyridine rings is 2. The summed E-state index contributed by atoms with van der Waals surface area (Å²) in [5, 5.41) is 10.5. The summed E-state index contributed by atoms with van der Waals surface area (Å²) in [5.41, 5.74) is 2.73. The summed E-state index contributed by atoms with van der Waals surface area (Å²) >= 11 is 0. The van der Waals surface area contributed by atoms with Crippen molar-refractivity contribution in [1.29, 1.82) is 0 Å². The third-order valence-corrected chi connectivity index (χ3v) is 14.0. The first-order valence-electron chi connectivity index (χ1n) is 16.8. The SMILES string of the molecule is [CH2-]C[P+](C)(C)c1ccccc1.[CH2-]C[P+](C)(C)c1ccccc1.[CH2-]n1nc(C(F)(F)F)cc1-c1cccc[n+]1[CH2-].[CH2-]n1nc(C)cc1-c1cccc[n+]1[CH2-].[Os+6]. The minimum absolute atomic E-state index is 0. The predicted molar refractivity (Wildman–Crippen MR) is 219 cm³/mol. The largest absolute Gasteiger partial charge is 6.00 e. The van der Waals surface area contributed by atoms with Crippen LogP contribution in [0, 0.1) is 49.0 Å². The minimum atomic E-state index is -4.47. The summed E-state index contributed by atoms with van der Waals surface area (Å²) in [6.45, 7) is 19.2. The Morgan fingerprint density at radius 3 is 1.30 bits per heavy atom. The fraction of sp³-hybridized carbons (Fsp3) is 0.190. The van der Waals surface area contributed by atoms with Crippen LogP contribution in [0.1, 0.15) is 11.4 Å². The normalized spacial score (nSPS) is 11.1. The molecule has 0 bridgehead atoms. The number of hydrogen-bond acceptors (Lipinski definition) is 2. The Morgan fingerprint density at radius 2 is 0.981 bits per heavy atom. The molecule has 2 aromatic carbocycles. The molecule has 4 aromatic heterocycles. The maximum Gasteiger partial charge on any atom is 6.00 e. The van der Waals surface area contributed by atoms with Gasteiger partial charge in [0.2, 0.25) is 0 Å². The van der Waals surface area contributed by atoms with E-state index in [9.17, 15) is 13.2 Å². The average molecular weight is 949 g/mol. The summed E-state index contributed by atoms with van der Waals surface area (Å²) in [6.07, 6.45) is 1.17. The molecule has 0 spiro atoms. The monoisotopic (exact) mass is 950 g/mol. The molecule has 0 N–H and O–H groups in total. The standard InChI is InChI=1S/C11H9F3N3.C11H12N3.2C10H15P.Os/c1-16-6-4-3-5-8(16)9-7-10(11(12,13)14)15-17(9)2;1-9-8-11(14(3)12-9)10-6-4-5-7-13(10)2;2*1-4-11(2,3)10-8-6-5-7-9-10;/h3-7H,1-2H2;4-8H,2-3H2,1H3;2*5-9H,1,4H2,2-3H3;/q2*-1;;;+6. The second-order valence-corrected chi connectivity index (χ2v) is 21.8. The van der Waals surface area contributed by atoms with Crippen molar-refractivity contribution in [2.24, 2.45) is 0 Å². The first-order valence-corrected chi connectivity index (χ1v) is 22.5. The van der Waals surface area contributed by atoms with Gasteiger partial charge in [-0.3, -0.25) is 0 Å². The Hall–Kier alpha value is -4.07. The Balaban J connectivity index is 0.000000252. The number of rotatable bonds is 6. The number of aromatic nitrogens is 6. The fourth-order valence-electron chi connectivity index (χ4n) is 4.85. The molecule has 54 heavy (non-hydrogen) atoms. The first kappa shape index (κ1) is 46.1. The van der Waals surface area contributed by atoms with Crippen molar-refractivity contribution in [2.45, 2.75) is 13.1 Å². The molecule has 0 aliphatic carbocycles. The van der Waals surface area contributed by atoms with Crippen LogP contribution in [0.2, 0.25) is 0 Å². The third-order valence-electron chi connectivity index (χ3n) is 8.41. The van der Waals surface area contributed by atoms with Gasteiger partial charge in [-0.2, -0.15) is 27.3 Å². The quantitative estimate of drug-likeness (QED) is 0.0958. The van der Waals surface area contributed by atoms with E-state index < -0.39 is 26.4 Å². The van der Waals surface area contributed by atoms with Crippen molar-refractivity contribution in [1.82, 2.24) is 19.6 Å². The molecule has 12 heteroatoms. The van der Waals surface area contributed by atoms with Gasteiger partial charge in [-0.25, -0.2) is 10.2 Å². The molecular weight excluding hydrogens is 898 g/mol. The van der Waals surface area contributed by atoms with Gasteiger partial charge in [0.25, 0.3) is 0 Å². The van der Waals surface area contributed by atoms with Gasteiger partial charge in [-0.05, 0) is 31.2 Å². The third kappa shape index (κ3) is 13.1. The minimum Gasteiger partial charge on any atom is -0.407 e. The van der Waals surface area contributed by atoms with E-state index in [0.29, 0.717) is 5.69 Å². The summed E-state index contributed by atoms with van der Waals surface area (Å²) in [4.78, 5) is 0. The molecule has 0 saturated carbocycles. The smallest absolute Gasteiger partial charge is 0.407 e. The summed E-state index contributed by atoms with van der Waals surface area (Å²) in [7, 11) is 13.1. The van der Waals surface area contributed by atoms with E-state index in [1.165, 1.54) is 15.2 Å². The van der Waals surface area contributed by atoms with E-state index in [4.69, 9.17) is 0 Å². The van der Waals surface area contributed by atoms with E-state index in [1.807, 2.05) is 37.4 Å². The van der Waals surface area contributed by atoms with E-state index in [1.54, 1.807) is 33.6 Å². The van der Waals surface area contributed by atoms with E-state index in [2.05, 4.69) is 140 Å². The zero-order valence-electron chi connectivity index (χ0n) is 31.8. The molecule has 6 nitrogen and oxygen atoms in total. The molecule has 0 atom stereocenters. The van der Waals surface area contributed by atoms with Crippen LogP contribution in [-0.2, 0) is 26.0 Å². The molecule has 6 aromatic rings. The van der Waals surface area contributed by atoms with Gasteiger partial charge in [0.05, 0.1) is 49.7 Å². The zero-order chi connectivity index (χ0) is 39.4. The summed E-state index contributed by atoms with van der Waals surface area (Å²) in [5.74, 6) is 0. The molecule has 0 saturated heterocycles. The van der Waals surface area contributed by atoms with E-state index >= 15 is 0 Å². The van der Waals surface area contributed by atoms with Crippen LogP contribution in [0.4, 0.5) is 13.2 Å². The number of aryl methyl sites for hydroxylation is 1. The van der Waals surface area contributed by atoms with Gasteiger partial charge < -0.3 is 32.3 Å². The van der Waals surface area contributed by atoms with Gasteiger partial charge in [-0.15, -0.1) is 6.07 Å². The number of alkyl halides is 3. The van der Waals surface area contributed by atoms with Crippen LogP contribution in [0.5, 0.6) is 0 Å². The van der Waals surface area contributed by atoms with Crippen LogP contribution in [0.25, 0.3) is 22.8 Å². The fourth-order valence-corrected chi connectivity index (χ4v) is 7.33. The van der Waals surface area contributed by atoms with Gasteiger partial charge in [0.15, 0.2) is 0 Å². The maximum absolute atomic E-state index is 12.5. The topological polar surface area (TPSA) is 43.4 Å². The molecule has 284 valence electrons. The zero-order valence-corrected chi connectivity index (χ0v) is 36.1. The van der Waals surface area contributed by atoms with Crippen LogP contribution in [0.15, 0.2) is 122 Å². The Morgan fingerprint density at radius 1 is 0.611 bits per heavy atom. The Bertz CT molecular complexity index is 1960. The molecule has 0 radical (unpaired) electrons. The van der Waals surface area contributed by atoms with Gasteiger partial charge in [0.1, 0.15) is 5.69 Å². The molecule has 4 heterocycles. The second kappa shape index (κ2) is 20.6.